The summed E-state index contributed by atoms with van der Waals surface area (Å²) in [4.78, 5) is 2.46. The molecule has 0 spiro atoms. The molecule has 0 aromatic carbocycles. The van der Waals surface area contributed by atoms with E-state index in [0.717, 1.165) is 26.1 Å². The minimum Gasteiger partial charge on any atom is -0.376 e. The molecule has 1 rings (SSSR count). The molecule has 1 saturated heterocycles. The van der Waals surface area contributed by atoms with Crippen LogP contribution in [-0.2, 0) is 4.74 Å². The van der Waals surface area contributed by atoms with Crippen molar-refractivity contribution in [2.24, 2.45) is 0 Å². The van der Waals surface area contributed by atoms with Crippen molar-refractivity contribution in [3.05, 3.63) is 0 Å². The predicted molar refractivity (Wildman–Crippen MR) is 73.4 cm³/mol. The van der Waals surface area contributed by atoms with E-state index in [9.17, 15) is 5.26 Å². The smallest absolute Gasteiger partial charge is 0.105 e. The number of hydrogen-bond donors (Lipinski definition) is 1. The summed E-state index contributed by atoms with van der Waals surface area (Å²) in [6, 6.07) is 3.22. The third-order valence-electron chi connectivity index (χ3n) is 3.74. The Morgan fingerprint density at radius 1 is 1.56 bits per heavy atom. The number of nitriles is 1. The van der Waals surface area contributed by atoms with Crippen molar-refractivity contribution in [3.8, 4) is 6.07 Å². The maximum Gasteiger partial charge on any atom is 0.105 e. The number of ether oxygens (including phenoxy) is 1. The molecule has 1 fully saturated rings. The minimum atomic E-state index is -0.435. The second kappa shape index (κ2) is 6.51. The van der Waals surface area contributed by atoms with E-state index in [-0.39, 0.29) is 6.10 Å². The van der Waals surface area contributed by atoms with Gasteiger partial charge in [0.05, 0.1) is 18.8 Å². The van der Waals surface area contributed by atoms with Gasteiger partial charge >= 0.3 is 0 Å². The zero-order valence-electron chi connectivity index (χ0n) is 12.4. The van der Waals surface area contributed by atoms with Crippen molar-refractivity contribution in [1.29, 1.82) is 5.26 Å². The Morgan fingerprint density at radius 3 is 2.78 bits per heavy atom. The molecule has 4 heteroatoms. The Bertz CT molecular complexity index is 302. The molecule has 0 aromatic rings. The van der Waals surface area contributed by atoms with Gasteiger partial charge in [-0.3, -0.25) is 10.2 Å². The lowest BCUT2D eigenvalue weighted by molar-refractivity contribution is -0.0663. The van der Waals surface area contributed by atoms with Gasteiger partial charge in [0.1, 0.15) is 5.54 Å². The van der Waals surface area contributed by atoms with Crippen LogP contribution >= 0.6 is 0 Å². The third kappa shape index (κ3) is 3.94. The van der Waals surface area contributed by atoms with E-state index < -0.39 is 5.54 Å². The molecule has 0 aliphatic carbocycles. The Kier molecular flexibility index (Phi) is 5.58. The van der Waals surface area contributed by atoms with Gasteiger partial charge in [-0.1, -0.05) is 6.92 Å². The van der Waals surface area contributed by atoms with Gasteiger partial charge in [0.25, 0.3) is 0 Å². The van der Waals surface area contributed by atoms with E-state index in [2.05, 4.69) is 37.1 Å². The molecule has 1 heterocycles. The van der Waals surface area contributed by atoms with E-state index in [1.54, 1.807) is 0 Å². The molecule has 0 aromatic heterocycles. The second-order valence-electron chi connectivity index (χ2n) is 5.72. The van der Waals surface area contributed by atoms with Crippen LogP contribution in [-0.4, -0.2) is 48.3 Å². The Balaban J connectivity index is 2.63. The van der Waals surface area contributed by atoms with Crippen molar-refractivity contribution in [2.45, 2.75) is 64.8 Å². The number of nitrogens with one attached hydrogen (secondary N) is 1. The summed E-state index contributed by atoms with van der Waals surface area (Å²) in [5, 5.41) is 12.6. The van der Waals surface area contributed by atoms with Crippen LogP contribution in [0.15, 0.2) is 0 Å². The number of nitrogens with zero attached hydrogens (tertiary/aromatic N) is 2. The first-order chi connectivity index (χ1) is 8.41. The standard InChI is InChI=1S/C14H27N3O/c1-6-16-14(5,10-15)7-11(2)17-8-13(4)18-9-12(17)3/h11-13,16H,6-9H2,1-5H3. The molecule has 0 saturated carbocycles. The van der Waals surface area contributed by atoms with Gasteiger partial charge in [0.15, 0.2) is 0 Å². The summed E-state index contributed by atoms with van der Waals surface area (Å²) in [7, 11) is 0. The number of morpholine rings is 1. The van der Waals surface area contributed by atoms with Crippen LogP contribution in [0.2, 0.25) is 0 Å². The number of hydrogen-bond acceptors (Lipinski definition) is 4. The topological polar surface area (TPSA) is 48.3 Å². The van der Waals surface area contributed by atoms with Gasteiger partial charge in [-0.25, -0.2) is 0 Å². The predicted octanol–water partition coefficient (Wildman–Crippen LogP) is 1.77. The summed E-state index contributed by atoms with van der Waals surface area (Å²) in [6.07, 6.45) is 1.13. The zero-order valence-corrected chi connectivity index (χ0v) is 12.4. The Labute approximate surface area is 111 Å². The van der Waals surface area contributed by atoms with Crippen LogP contribution in [0.4, 0.5) is 0 Å². The fourth-order valence-electron chi connectivity index (χ4n) is 2.80. The molecular formula is C14H27N3O. The van der Waals surface area contributed by atoms with Gasteiger partial charge in [-0.2, -0.15) is 5.26 Å². The summed E-state index contributed by atoms with van der Waals surface area (Å²) in [5.74, 6) is 0. The van der Waals surface area contributed by atoms with Gasteiger partial charge in [-0.05, 0) is 40.7 Å². The molecule has 0 radical (unpaired) electrons. The molecular weight excluding hydrogens is 226 g/mol. The van der Waals surface area contributed by atoms with Crippen LogP contribution < -0.4 is 5.32 Å². The Hall–Kier alpha value is -0.630. The molecule has 4 atom stereocenters. The molecule has 18 heavy (non-hydrogen) atoms. The lowest BCUT2D eigenvalue weighted by Crippen LogP contribution is -2.54. The lowest BCUT2D eigenvalue weighted by Gasteiger charge is -2.42. The highest BCUT2D eigenvalue weighted by atomic mass is 16.5. The normalized spacial score (nSPS) is 30.4. The summed E-state index contributed by atoms with van der Waals surface area (Å²) >= 11 is 0. The van der Waals surface area contributed by atoms with E-state index in [4.69, 9.17) is 4.74 Å². The molecule has 4 unspecified atom stereocenters. The summed E-state index contributed by atoms with van der Waals surface area (Å²) in [5.41, 5.74) is -0.435. The highest BCUT2D eigenvalue weighted by molar-refractivity contribution is 5.05. The van der Waals surface area contributed by atoms with Crippen molar-refractivity contribution in [3.63, 3.8) is 0 Å². The average Bonchev–Trinajstić information content (AvgIpc) is 2.32. The molecule has 0 bridgehead atoms. The first kappa shape index (κ1) is 15.4. The lowest BCUT2D eigenvalue weighted by atomic mass is 9.93. The maximum atomic E-state index is 9.33. The molecule has 104 valence electrons. The Morgan fingerprint density at radius 2 is 2.22 bits per heavy atom. The van der Waals surface area contributed by atoms with Gasteiger partial charge < -0.3 is 4.74 Å². The zero-order chi connectivity index (χ0) is 13.8. The largest absolute Gasteiger partial charge is 0.376 e. The first-order valence-electron chi connectivity index (χ1n) is 6.95. The second-order valence-corrected chi connectivity index (χ2v) is 5.72. The molecule has 4 nitrogen and oxygen atoms in total. The van der Waals surface area contributed by atoms with E-state index >= 15 is 0 Å². The SMILES string of the molecule is CCNC(C)(C#N)CC(C)N1CC(C)OCC1C. The van der Waals surface area contributed by atoms with Crippen molar-refractivity contribution < 1.29 is 4.74 Å². The van der Waals surface area contributed by atoms with Crippen LogP contribution in [0.1, 0.15) is 41.0 Å². The van der Waals surface area contributed by atoms with Crippen LogP contribution in [0.5, 0.6) is 0 Å². The van der Waals surface area contributed by atoms with Gasteiger partial charge in [0.2, 0.25) is 0 Å². The van der Waals surface area contributed by atoms with E-state index in [0.29, 0.717) is 12.1 Å². The van der Waals surface area contributed by atoms with Crippen LogP contribution in [0.3, 0.4) is 0 Å². The quantitative estimate of drug-likeness (QED) is 0.811. The van der Waals surface area contributed by atoms with Crippen molar-refractivity contribution in [1.82, 2.24) is 10.2 Å². The van der Waals surface area contributed by atoms with E-state index in [1.807, 2.05) is 13.8 Å². The fourth-order valence-corrected chi connectivity index (χ4v) is 2.80. The summed E-state index contributed by atoms with van der Waals surface area (Å²) < 4.78 is 5.65. The molecule has 1 aliphatic rings. The number of rotatable bonds is 5. The third-order valence-corrected chi connectivity index (χ3v) is 3.74. The molecule has 1 N–H and O–H groups in total. The average molecular weight is 253 g/mol. The van der Waals surface area contributed by atoms with Crippen molar-refractivity contribution in [2.75, 3.05) is 19.7 Å². The molecule has 0 amide bonds. The fraction of sp³-hybridized carbons (Fsp3) is 0.929. The van der Waals surface area contributed by atoms with Gasteiger partial charge in [0, 0.05) is 18.6 Å². The first-order valence-corrected chi connectivity index (χ1v) is 6.95. The summed E-state index contributed by atoms with van der Waals surface area (Å²) in [6.45, 7) is 13.1. The van der Waals surface area contributed by atoms with E-state index in [1.165, 1.54) is 0 Å². The van der Waals surface area contributed by atoms with Crippen LogP contribution in [0.25, 0.3) is 0 Å². The highest BCUT2D eigenvalue weighted by Crippen LogP contribution is 2.21. The van der Waals surface area contributed by atoms with Crippen LogP contribution in [0, 0.1) is 11.3 Å². The van der Waals surface area contributed by atoms with Gasteiger partial charge in [-0.15, -0.1) is 0 Å². The highest BCUT2D eigenvalue weighted by Gasteiger charge is 2.32. The minimum absolute atomic E-state index is 0.288. The van der Waals surface area contributed by atoms with Crippen molar-refractivity contribution >= 4 is 0 Å². The maximum absolute atomic E-state index is 9.33. The monoisotopic (exact) mass is 253 g/mol. The molecule has 1 aliphatic heterocycles.